The highest BCUT2D eigenvalue weighted by atomic mass is 79.9. The van der Waals surface area contributed by atoms with Gasteiger partial charge in [-0.2, -0.15) is 0 Å². The third-order valence-corrected chi connectivity index (χ3v) is 10.5. The molecule has 0 N–H and O–H groups in total. The second kappa shape index (κ2) is 7.53. The number of halogens is 2. The number of hydrogen-bond acceptors (Lipinski definition) is 2. The van der Waals surface area contributed by atoms with Gasteiger partial charge in [-0.15, -0.1) is 0 Å². The molecule has 2 aromatic rings. The first-order valence-electron chi connectivity index (χ1n) is 9.15. The van der Waals surface area contributed by atoms with Crippen LogP contribution in [0.3, 0.4) is 0 Å². The lowest BCUT2D eigenvalue weighted by molar-refractivity contribution is 0.0699. The highest BCUT2D eigenvalue weighted by Gasteiger charge is 2.42. The number of benzene rings is 2. The highest BCUT2D eigenvalue weighted by molar-refractivity contribution is 9.10. The summed E-state index contributed by atoms with van der Waals surface area (Å²) in [6.45, 7) is 11.2. The van der Waals surface area contributed by atoms with E-state index >= 15 is 0 Å². The summed E-state index contributed by atoms with van der Waals surface area (Å²) in [6.07, 6.45) is 3.62. The van der Waals surface area contributed by atoms with Gasteiger partial charge in [-0.25, -0.2) is 4.39 Å². The predicted molar refractivity (Wildman–Crippen MR) is 115 cm³/mol. The predicted octanol–water partition coefficient (Wildman–Crippen LogP) is 7.13. The van der Waals surface area contributed by atoms with E-state index in [0.29, 0.717) is 10.2 Å². The van der Waals surface area contributed by atoms with Crippen LogP contribution in [0.15, 0.2) is 53.0 Å². The van der Waals surface area contributed by atoms with Crippen molar-refractivity contribution in [3.63, 3.8) is 0 Å². The fraction of sp³-hybridized carbons (Fsp3) is 0.364. The van der Waals surface area contributed by atoms with Crippen LogP contribution in [0.5, 0.6) is 5.75 Å². The molecule has 1 aliphatic rings. The van der Waals surface area contributed by atoms with Crippen molar-refractivity contribution in [2.45, 2.75) is 51.1 Å². The Morgan fingerprint density at radius 1 is 1.07 bits per heavy atom. The van der Waals surface area contributed by atoms with Gasteiger partial charge in [0.1, 0.15) is 23.8 Å². The van der Waals surface area contributed by atoms with Gasteiger partial charge in [0.2, 0.25) is 0 Å². The van der Waals surface area contributed by atoms with Gasteiger partial charge in [0.15, 0.2) is 8.32 Å². The van der Waals surface area contributed by atoms with Crippen molar-refractivity contribution >= 4 is 30.3 Å². The molecular formula is C22H26BrFO2Si. The molecule has 2 aromatic carbocycles. The molecule has 0 saturated heterocycles. The van der Waals surface area contributed by atoms with Crippen LogP contribution in [0.2, 0.25) is 18.1 Å². The van der Waals surface area contributed by atoms with Crippen molar-refractivity contribution in [2.24, 2.45) is 0 Å². The molecule has 0 aromatic heterocycles. The molecule has 5 heteroatoms. The summed E-state index contributed by atoms with van der Waals surface area (Å²) >= 11 is 3.40. The standard InChI is InChI=1S/C22H26BrFO2Si/c1-22(2,3)27(4,5)26-21-17-9-7-6-8-15(17)10-12-20(21)25-19-13-11-16(24)14-18(19)23/h6-14,20-21H,1-5H3/t20-,21-/m1/s1. The molecule has 3 rings (SSSR count). The van der Waals surface area contributed by atoms with Crippen LogP contribution in [-0.4, -0.2) is 14.4 Å². The van der Waals surface area contributed by atoms with E-state index in [1.54, 1.807) is 6.07 Å². The van der Waals surface area contributed by atoms with Crippen LogP contribution in [0.25, 0.3) is 6.08 Å². The molecule has 0 unspecified atom stereocenters. The van der Waals surface area contributed by atoms with Crippen molar-refractivity contribution in [2.75, 3.05) is 0 Å². The Hall–Kier alpha value is -1.43. The molecule has 0 spiro atoms. The van der Waals surface area contributed by atoms with Crippen LogP contribution in [-0.2, 0) is 4.43 Å². The maximum absolute atomic E-state index is 13.4. The minimum Gasteiger partial charge on any atom is -0.482 e. The van der Waals surface area contributed by atoms with Crippen LogP contribution in [0, 0.1) is 5.82 Å². The molecule has 0 radical (unpaired) electrons. The lowest BCUT2D eigenvalue weighted by atomic mass is 9.93. The van der Waals surface area contributed by atoms with Crippen molar-refractivity contribution < 1.29 is 13.6 Å². The summed E-state index contributed by atoms with van der Waals surface area (Å²) in [5.74, 6) is 0.307. The van der Waals surface area contributed by atoms with E-state index in [4.69, 9.17) is 9.16 Å². The lowest BCUT2D eigenvalue weighted by Gasteiger charge is -2.42. The fourth-order valence-corrected chi connectivity index (χ4v) is 4.54. The maximum Gasteiger partial charge on any atom is 0.193 e. The molecule has 0 amide bonds. The van der Waals surface area contributed by atoms with Gasteiger partial charge in [-0.3, -0.25) is 0 Å². The Balaban J connectivity index is 1.96. The second-order valence-corrected chi connectivity index (χ2v) is 14.1. The first kappa shape index (κ1) is 20.3. The molecule has 27 heavy (non-hydrogen) atoms. The zero-order valence-electron chi connectivity index (χ0n) is 16.4. The van der Waals surface area contributed by atoms with Crippen LogP contribution >= 0.6 is 15.9 Å². The van der Waals surface area contributed by atoms with E-state index in [1.165, 1.54) is 12.1 Å². The summed E-state index contributed by atoms with van der Waals surface area (Å²) in [7, 11) is -2.03. The number of ether oxygens (including phenoxy) is 1. The summed E-state index contributed by atoms with van der Waals surface area (Å²) < 4.78 is 27.1. The average Bonchev–Trinajstić information content (AvgIpc) is 2.58. The van der Waals surface area contributed by atoms with Gasteiger partial charge in [0.25, 0.3) is 0 Å². The average molecular weight is 449 g/mol. The van der Waals surface area contributed by atoms with E-state index in [-0.39, 0.29) is 23.1 Å². The molecule has 0 heterocycles. The first-order chi connectivity index (χ1) is 12.6. The topological polar surface area (TPSA) is 18.5 Å². The van der Waals surface area contributed by atoms with Gasteiger partial charge >= 0.3 is 0 Å². The molecule has 0 aliphatic heterocycles. The summed E-state index contributed by atoms with van der Waals surface area (Å²) in [4.78, 5) is 0. The Labute approximate surface area is 170 Å². The maximum atomic E-state index is 13.4. The molecule has 0 bridgehead atoms. The SMILES string of the molecule is CC(C)(C)[Si](C)(C)O[C@@H]1c2ccccc2C=C[C@H]1Oc1ccc(F)cc1Br. The molecule has 2 atom stereocenters. The summed E-state index contributed by atoms with van der Waals surface area (Å²) in [5, 5.41) is 0.0874. The number of hydrogen-bond donors (Lipinski definition) is 0. The van der Waals surface area contributed by atoms with Crippen molar-refractivity contribution in [1.82, 2.24) is 0 Å². The summed E-state index contributed by atoms with van der Waals surface area (Å²) in [5.41, 5.74) is 2.28. The molecule has 0 saturated carbocycles. The zero-order chi connectivity index (χ0) is 19.8. The summed E-state index contributed by atoms with van der Waals surface area (Å²) in [6, 6.07) is 12.7. The molecular weight excluding hydrogens is 423 g/mol. The molecule has 144 valence electrons. The van der Waals surface area contributed by atoms with Crippen LogP contribution in [0.1, 0.15) is 38.0 Å². The first-order valence-corrected chi connectivity index (χ1v) is 12.9. The largest absolute Gasteiger partial charge is 0.482 e. The molecule has 1 aliphatic carbocycles. The van der Waals surface area contributed by atoms with E-state index in [0.717, 1.165) is 11.1 Å². The normalized spacial score (nSPS) is 19.7. The number of rotatable bonds is 4. The van der Waals surface area contributed by atoms with Gasteiger partial charge in [0, 0.05) is 0 Å². The van der Waals surface area contributed by atoms with E-state index in [9.17, 15) is 4.39 Å². The van der Waals surface area contributed by atoms with Crippen molar-refractivity contribution in [3.05, 3.63) is 70.0 Å². The third kappa shape index (κ3) is 4.36. The quantitative estimate of drug-likeness (QED) is 0.463. The fourth-order valence-electron chi connectivity index (χ4n) is 2.84. The Kier molecular flexibility index (Phi) is 5.66. The minimum absolute atomic E-state index is 0.0874. The van der Waals surface area contributed by atoms with Crippen molar-refractivity contribution in [1.29, 1.82) is 0 Å². The van der Waals surface area contributed by atoms with Gasteiger partial charge in [0.05, 0.1) is 4.47 Å². The minimum atomic E-state index is -2.03. The van der Waals surface area contributed by atoms with E-state index in [2.05, 4.69) is 68.0 Å². The monoisotopic (exact) mass is 448 g/mol. The lowest BCUT2D eigenvalue weighted by Crippen LogP contribution is -2.45. The third-order valence-electron chi connectivity index (χ3n) is 5.45. The van der Waals surface area contributed by atoms with Crippen molar-refractivity contribution in [3.8, 4) is 5.75 Å². The van der Waals surface area contributed by atoms with E-state index < -0.39 is 8.32 Å². The van der Waals surface area contributed by atoms with E-state index in [1.807, 2.05) is 18.2 Å². The highest BCUT2D eigenvalue weighted by Crippen LogP contribution is 2.43. The second-order valence-electron chi connectivity index (χ2n) is 8.44. The van der Waals surface area contributed by atoms with Crippen LogP contribution in [0.4, 0.5) is 4.39 Å². The Morgan fingerprint density at radius 3 is 2.44 bits per heavy atom. The number of fused-ring (bicyclic) bond motifs is 1. The smallest absolute Gasteiger partial charge is 0.193 e. The van der Waals surface area contributed by atoms with Gasteiger partial charge in [-0.05, 0) is 69.5 Å². The molecule has 2 nitrogen and oxygen atoms in total. The van der Waals surface area contributed by atoms with Gasteiger partial charge < -0.3 is 9.16 Å². The Morgan fingerprint density at radius 2 is 1.78 bits per heavy atom. The van der Waals surface area contributed by atoms with Gasteiger partial charge in [-0.1, -0.05) is 51.1 Å². The Bertz CT molecular complexity index is 858. The zero-order valence-corrected chi connectivity index (χ0v) is 19.0. The molecule has 0 fully saturated rings. The van der Waals surface area contributed by atoms with Crippen LogP contribution < -0.4 is 4.74 Å².